The summed E-state index contributed by atoms with van der Waals surface area (Å²) in [6.07, 6.45) is 24.0. The molecule has 3 nitrogen and oxygen atoms in total. The van der Waals surface area contributed by atoms with Crippen LogP contribution in [0.2, 0.25) is 13.1 Å². The van der Waals surface area contributed by atoms with Crippen molar-refractivity contribution in [1.29, 1.82) is 0 Å². The fraction of sp³-hybridized carbons (Fsp3) is 0.857. The maximum Gasteiger partial charge on any atom is 0.352 e. The van der Waals surface area contributed by atoms with Gasteiger partial charge in [0, 0.05) is 13.2 Å². The molecule has 0 saturated heterocycles. The summed E-state index contributed by atoms with van der Waals surface area (Å²) in [6.45, 7) is 18.2. The van der Waals surface area contributed by atoms with Crippen LogP contribution in [0.5, 0.6) is 0 Å². The summed E-state index contributed by atoms with van der Waals surface area (Å²) in [4.78, 5) is 0. The molecule has 196 valence electrons. The third kappa shape index (κ3) is 19.8. The predicted molar refractivity (Wildman–Crippen MR) is 151 cm³/mol. The van der Waals surface area contributed by atoms with Crippen molar-refractivity contribution in [3.63, 3.8) is 0 Å². The fourth-order valence-electron chi connectivity index (χ4n) is 4.04. The van der Waals surface area contributed by atoms with Gasteiger partial charge in [-0.1, -0.05) is 128 Å². The predicted octanol–water partition coefficient (Wildman–Crippen LogP) is 9.69. The van der Waals surface area contributed by atoms with E-state index in [1.165, 1.54) is 103 Å². The van der Waals surface area contributed by atoms with E-state index in [-0.39, 0.29) is 0 Å². The van der Waals surface area contributed by atoms with Crippen LogP contribution >= 0.6 is 0 Å². The van der Waals surface area contributed by atoms with Gasteiger partial charge in [0.05, 0.1) is 0 Å². The molecule has 0 aromatic heterocycles. The Labute approximate surface area is 210 Å². The first-order valence-electron chi connectivity index (χ1n) is 14.2. The van der Waals surface area contributed by atoms with Crippen LogP contribution in [0.15, 0.2) is 24.6 Å². The van der Waals surface area contributed by atoms with Gasteiger partial charge in [0.1, 0.15) is 0 Å². The maximum absolute atomic E-state index is 6.45. The number of unbranched alkanes of at least 4 members (excludes halogenated alkanes) is 16. The van der Waals surface area contributed by atoms with Crippen LogP contribution in [-0.4, -0.2) is 30.3 Å². The zero-order valence-corrected chi connectivity index (χ0v) is 24.9. The zero-order valence-electron chi connectivity index (χ0n) is 22.9. The van der Waals surface area contributed by atoms with E-state index in [1.807, 2.05) is 11.4 Å². The van der Waals surface area contributed by atoms with Gasteiger partial charge in [-0.15, -0.1) is 13.2 Å². The monoisotopic (exact) mass is 498 g/mol. The van der Waals surface area contributed by atoms with Gasteiger partial charge in [-0.2, -0.15) is 0 Å². The van der Waals surface area contributed by atoms with Crippen LogP contribution in [0.1, 0.15) is 129 Å². The van der Waals surface area contributed by atoms with Crippen LogP contribution in [0.25, 0.3) is 0 Å². The van der Waals surface area contributed by atoms with Crippen LogP contribution in [-0.2, 0) is 13.0 Å². The molecular weight excluding hydrogens is 440 g/mol. The summed E-state index contributed by atoms with van der Waals surface area (Å²) in [5, 5.41) is 0. The first-order chi connectivity index (χ1) is 15.9. The minimum atomic E-state index is -2.43. The molecule has 2 atom stereocenters. The lowest BCUT2D eigenvalue weighted by atomic mass is 10.0. The topological polar surface area (TPSA) is 27.7 Å². The Morgan fingerprint density at radius 1 is 0.485 bits per heavy atom. The largest absolute Gasteiger partial charge is 0.409 e. The lowest BCUT2D eigenvalue weighted by Gasteiger charge is -2.33. The van der Waals surface area contributed by atoms with E-state index >= 15 is 0 Å². The first kappa shape index (κ1) is 32.8. The Morgan fingerprint density at radius 2 is 0.758 bits per heavy atom. The molecule has 0 fully saturated rings. The number of rotatable bonds is 26. The molecule has 0 aromatic carbocycles. The summed E-state index contributed by atoms with van der Waals surface area (Å²) >= 11 is 0. The van der Waals surface area contributed by atoms with Gasteiger partial charge in [-0.05, 0) is 25.9 Å². The van der Waals surface area contributed by atoms with E-state index < -0.39 is 17.1 Å². The quantitative estimate of drug-likeness (QED) is 0.0877. The maximum atomic E-state index is 6.45. The van der Waals surface area contributed by atoms with Crippen LogP contribution in [0.4, 0.5) is 0 Å². The van der Waals surface area contributed by atoms with E-state index in [1.54, 1.807) is 0 Å². The second-order valence-corrected chi connectivity index (χ2v) is 16.2. The highest BCUT2D eigenvalue weighted by atomic mass is 28.5. The van der Waals surface area contributed by atoms with Crippen molar-refractivity contribution < 1.29 is 13.0 Å². The Hall–Kier alpha value is -0.206. The molecule has 2 unspecified atom stereocenters. The van der Waals surface area contributed by atoms with Gasteiger partial charge in [0.25, 0.3) is 0 Å². The lowest BCUT2D eigenvalue weighted by Crippen LogP contribution is -2.50. The van der Waals surface area contributed by atoms with Crippen LogP contribution in [0.3, 0.4) is 0 Å². The molecule has 0 aliphatic rings. The summed E-state index contributed by atoms with van der Waals surface area (Å²) in [7, 11) is -4.85. The van der Waals surface area contributed by atoms with Crippen LogP contribution < -0.4 is 0 Å². The molecule has 0 spiro atoms. The molecule has 0 N–H and O–H groups in total. The van der Waals surface area contributed by atoms with Gasteiger partial charge in [0.15, 0.2) is 0 Å². The van der Waals surface area contributed by atoms with Gasteiger partial charge < -0.3 is 13.0 Å². The third-order valence-corrected chi connectivity index (χ3v) is 12.7. The smallest absolute Gasteiger partial charge is 0.352 e. The second kappa shape index (κ2) is 22.3. The second-order valence-electron chi connectivity index (χ2n) is 9.90. The van der Waals surface area contributed by atoms with E-state index in [9.17, 15) is 0 Å². The van der Waals surface area contributed by atoms with Crippen molar-refractivity contribution in [3.8, 4) is 0 Å². The molecule has 0 heterocycles. The summed E-state index contributed by atoms with van der Waals surface area (Å²) in [5.41, 5.74) is 3.78. The van der Waals surface area contributed by atoms with E-state index in [2.05, 4.69) is 40.1 Å². The lowest BCUT2D eigenvalue weighted by molar-refractivity contribution is 0.197. The molecule has 0 aliphatic carbocycles. The summed E-state index contributed by atoms with van der Waals surface area (Å²) in [6, 6.07) is 0. The minimum absolute atomic E-state index is 0.745. The third-order valence-electron chi connectivity index (χ3n) is 6.42. The normalized spacial score (nSPS) is 15.2. The van der Waals surface area contributed by atoms with Crippen molar-refractivity contribution in [3.05, 3.63) is 24.6 Å². The molecule has 33 heavy (non-hydrogen) atoms. The molecule has 0 rings (SSSR count). The molecule has 0 aromatic rings. The minimum Gasteiger partial charge on any atom is -0.409 e. The van der Waals surface area contributed by atoms with Crippen molar-refractivity contribution in [1.82, 2.24) is 0 Å². The highest BCUT2D eigenvalue weighted by molar-refractivity contribution is 6.84. The van der Waals surface area contributed by atoms with Crippen LogP contribution in [0, 0.1) is 0 Å². The van der Waals surface area contributed by atoms with Gasteiger partial charge in [-0.25, -0.2) is 0 Å². The van der Waals surface area contributed by atoms with E-state index in [0.29, 0.717) is 0 Å². The molecule has 5 heteroatoms. The highest BCUT2D eigenvalue weighted by Gasteiger charge is 2.39. The number of hydrogen-bond acceptors (Lipinski definition) is 3. The van der Waals surface area contributed by atoms with E-state index in [4.69, 9.17) is 13.0 Å². The Kier molecular flexibility index (Phi) is 22.1. The zero-order chi connectivity index (χ0) is 24.7. The Balaban J connectivity index is 3.82. The fourth-order valence-corrected chi connectivity index (χ4v) is 9.73. The Bertz CT molecular complexity index is 460. The average Bonchev–Trinajstić information content (AvgIpc) is 2.81. The Morgan fingerprint density at radius 3 is 1.06 bits per heavy atom. The summed E-state index contributed by atoms with van der Waals surface area (Å²) < 4.78 is 18.8. The molecular formula is C28H58O3Si2. The number of hydrogen-bond donors (Lipinski definition) is 0. The molecule has 0 amide bonds. The van der Waals surface area contributed by atoms with Gasteiger partial charge >= 0.3 is 17.1 Å². The van der Waals surface area contributed by atoms with E-state index in [0.717, 1.165) is 26.1 Å². The highest BCUT2D eigenvalue weighted by Crippen LogP contribution is 2.20. The molecule has 0 bridgehead atoms. The van der Waals surface area contributed by atoms with Crippen molar-refractivity contribution >= 4 is 17.1 Å². The van der Waals surface area contributed by atoms with Gasteiger partial charge in [0.2, 0.25) is 0 Å². The molecule has 0 saturated carbocycles. The molecule has 0 aliphatic heterocycles. The van der Waals surface area contributed by atoms with Crippen molar-refractivity contribution in [2.24, 2.45) is 0 Å². The van der Waals surface area contributed by atoms with Crippen molar-refractivity contribution in [2.75, 3.05) is 13.2 Å². The van der Waals surface area contributed by atoms with Crippen molar-refractivity contribution in [2.45, 2.75) is 143 Å². The SMILES string of the molecule is C=C[Si](C)(OCCCCCC)O[Si](C)(C=C)OCCCCCCCCCCCCCCCC. The molecule has 0 radical (unpaired) electrons. The standard InChI is InChI=1S/C28H58O3Si2/c1-7-11-13-15-16-17-18-19-20-21-22-23-24-26-28-30-33(6,10-4)31-32(5,9-3)29-27-25-14-12-8-2/h9-10H,3-4,7-8,11-28H2,1-2,5-6H3. The summed E-state index contributed by atoms with van der Waals surface area (Å²) in [5.74, 6) is 0. The average molecular weight is 499 g/mol. The first-order valence-corrected chi connectivity index (χ1v) is 19.0. The van der Waals surface area contributed by atoms with Gasteiger partial charge in [-0.3, -0.25) is 0 Å².